The molecule has 1 aromatic carbocycles. The van der Waals surface area contributed by atoms with E-state index in [9.17, 15) is 18.0 Å². The summed E-state index contributed by atoms with van der Waals surface area (Å²) < 4.78 is 24.1. The smallest absolute Gasteiger partial charge is 0.228 e. The number of carbonyl (C=O) groups excluding carboxylic acids is 2. The summed E-state index contributed by atoms with van der Waals surface area (Å²) in [5.41, 5.74) is 0.760. The van der Waals surface area contributed by atoms with Crippen LogP contribution in [0.5, 0.6) is 0 Å². The molecular formula is C16H19BrN2O4S. The Morgan fingerprint density at radius 1 is 1.38 bits per heavy atom. The number of halogens is 1. The Labute approximate surface area is 149 Å². The van der Waals surface area contributed by atoms with E-state index in [0.717, 1.165) is 10.2 Å². The van der Waals surface area contributed by atoms with Gasteiger partial charge < -0.3 is 9.80 Å². The molecule has 0 N–H and O–H groups in total. The summed E-state index contributed by atoms with van der Waals surface area (Å²) in [7, 11) is -1.40. The van der Waals surface area contributed by atoms with Crippen LogP contribution in [0.15, 0.2) is 28.7 Å². The normalized spacial score (nSPS) is 25.9. The molecule has 0 spiro atoms. The van der Waals surface area contributed by atoms with Gasteiger partial charge in [-0.05, 0) is 24.6 Å². The molecule has 0 saturated carbocycles. The molecule has 2 atom stereocenters. The second-order valence-corrected chi connectivity index (χ2v) is 9.54. The number of hydrogen-bond donors (Lipinski definition) is 0. The molecule has 0 bridgehead atoms. The van der Waals surface area contributed by atoms with Gasteiger partial charge in [-0.3, -0.25) is 9.59 Å². The first-order chi connectivity index (χ1) is 11.3. The Morgan fingerprint density at radius 2 is 2.12 bits per heavy atom. The average molecular weight is 415 g/mol. The quantitative estimate of drug-likeness (QED) is 0.749. The maximum Gasteiger partial charge on any atom is 0.228 e. The van der Waals surface area contributed by atoms with E-state index < -0.39 is 15.8 Å². The highest BCUT2D eigenvalue weighted by molar-refractivity contribution is 9.10. The van der Waals surface area contributed by atoms with Crippen LogP contribution in [-0.2, 0) is 19.4 Å². The maximum absolute atomic E-state index is 12.7. The number of nitrogens with zero attached hydrogens (tertiary/aromatic N) is 2. The summed E-state index contributed by atoms with van der Waals surface area (Å²) in [6.45, 7) is 0.331. The van der Waals surface area contributed by atoms with Crippen LogP contribution in [0.25, 0.3) is 0 Å². The summed E-state index contributed by atoms with van der Waals surface area (Å²) in [6.07, 6.45) is 0.635. The molecule has 24 heavy (non-hydrogen) atoms. The number of sulfone groups is 1. The Bertz CT molecular complexity index is 780. The molecule has 0 aliphatic carbocycles. The Morgan fingerprint density at radius 3 is 2.75 bits per heavy atom. The van der Waals surface area contributed by atoms with Gasteiger partial charge in [-0.15, -0.1) is 0 Å². The molecular weight excluding hydrogens is 396 g/mol. The zero-order chi connectivity index (χ0) is 17.5. The van der Waals surface area contributed by atoms with Crippen LogP contribution in [0.3, 0.4) is 0 Å². The number of benzene rings is 1. The minimum atomic E-state index is -3.04. The predicted molar refractivity (Wildman–Crippen MR) is 94.4 cm³/mol. The monoisotopic (exact) mass is 414 g/mol. The zero-order valence-electron chi connectivity index (χ0n) is 13.3. The number of carbonyl (C=O) groups is 2. The molecule has 0 unspecified atom stereocenters. The van der Waals surface area contributed by atoms with Gasteiger partial charge in [-0.1, -0.05) is 22.0 Å². The number of amides is 2. The zero-order valence-corrected chi connectivity index (χ0v) is 15.7. The fraction of sp³-hybridized carbons (Fsp3) is 0.500. The lowest BCUT2D eigenvalue weighted by Crippen LogP contribution is -2.42. The van der Waals surface area contributed by atoms with Crippen LogP contribution in [0.4, 0.5) is 5.69 Å². The van der Waals surface area contributed by atoms with E-state index in [2.05, 4.69) is 15.9 Å². The first-order valence-electron chi connectivity index (χ1n) is 7.80. The van der Waals surface area contributed by atoms with Crippen molar-refractivity contribution in [3.63, 3.8) is 0 Å². The van der Waals surface area contributed by atoms with E-state index in [0.29, 0.717) is 13.0 Å². The first-order valence-corrected chi connectivity index (χ1v) is 10.4. The van der Waals surface area contributed by atoms with Crippen LogP contribution in [0.1, 0.15) is 12.8 Å². The van der Waals surface area contributed by atoms with Crippen molar-refractivity contribution in [3.8, 4) is 0 Å². The van der Waals surface area contributed by atoms with Gasteiger partial charge in [0.15, 0.2) is 9.84 Å². The van der Waals surface area contributed by atoms with Crippen molar-refractivity contribution in [2.75, 3.05) is 30.0 Å². The lowest BCUT2D eigenvalue weighted by molar-refractivity contribution is -0.136. The SMILES string of the molecule is CN(C(=O)[C@@H]1CC(=O)N(c2cccc(Br)c2)C1)[C@H]1CCS(=O)(=O)C1. The summed E-state index contributed by atoms with van der Waals surface area (Å²) in [4.78, 5) is 28.1. The molecule has 130 valence electrons. The van der Waals surface area contributed by atoms with E-state index in [4.69, 9.17) is 0 Å². The lowest BCUT2D eigenvalue weighted by Gasteiger charge is -2.26. The molecule has 2 amide bonds. The number of rotatable bonds is 3. The van der Waals surface area contributed by atoms with Crippen molar-refractivity contribution in [1.82, 2.24) is 4.90 Å². The lowest BCUT2D eigenvalue weighted by atomic mass is 10.1. The van der Waals surface area contributed by atoms with Crippen molar-refractivity contribution >= 4 is 43.3 Å². The molecule has 8 heteroatoms. The van der Waals surface area contributed by atoms with Crippen LogP contribution in [-0.4, -0.2) is 56.3 Å². The average Bonchev–Trinajstić information content (AvgIpc) is 3.08. The van der Waals surface area contributed by atoms with E-state index >= 15 is 0 Å². The van der Waals surface area contributed by atoms with Gasteiger partial charge in [-0.25, -0.2) is 8.42 Å². The standard InChI is InChI=1S/C16H19BrN2O4S/c1-18(14-5-6-24(22,23)10-14)16(21)11-7-15(20)19(9-11)13-4-2-3-12(17)8-13/h2-4,8,11,14H,5-7,9-10H2,1H3/t11-,14+/m1/s1. The van der Waals surface area contributed by atoms with E-state index in [1.165, 1.54) is 4.90 Å². The maximum atomic E-state index is 12.7. The molecule has 0 radical (unpaired) electrons. The Balaban J connectivity index is 1.70. The number of hydrogen-bond acceptors (Lipinski definition) is 4. The third-order valence-electron chi connectivity index (χ3n) is 4.70. The molecule has 2 aliphatic heterocycles. The first kappa shape index (κ1) is 17.4. The third-order valence-corrected chi connectivity index (χ3v) is 6.94. The van der Waals surface area contributed by atoms with Gasteiger partial charge in [0.05, 0.1) is 17.4 Å². The minimum Gasteiger partial charge on any atom is -0.341 e. The minimum absolute atomic E-state index is 0.0191. The van der Waals surface area contributed by atoms with E-state index in [-0.39, 0.29) is 35.8 Å². The van der Waals surface area contributed by atoms with Gasteiger partial charge in [0.1, 0.15) is 0 Å². The largest absolute Gasteiger partial charge is 0.341 e. The third kappa shape index (κ3) is 3.49. The van der Waals surface area contributed by atoms with Crippen molar-refractivity contribution in [1.29, 1.82) is 0 Å². The Hall–Kier alpha value is -1.41. The van der Waals surface area contributed by atoms with Crippen LogP contribution in [0, 0.1) is 5.92 Å². The van der Waals surface area contributed by atoms with Crippen LogP contribution < -0.4 is 4.90 Å². The topological polar surface area (TPSA) is 74.8 Å². The molecule has 2 heterocycles. The van der Waals surface area contributed by atoms with E-state index in [1.807, 2.05) is 24.3 Å². The van der Waals surface area contributed by atoms with Gasteiger partial charge >= 0.3 is 0 Å². The van der Waals surface area contributed by atoms with E-state index in [1.54, 1.807) is 11.9 Å². The summed E-state index contributed by atoms with van der Waals surface area (Å²) in [6, 6.07) is 7.12. The second kappa shape index (κ2) is 6.48. The van der Waals surface area contributed by atoms with Crippen molar-refractivity contribution in [3.05, 3.63) is 28.7 Å². The van der Waals surface area contributed by atoms with Gasteiger partial charge in [0, 0.05) is 36.2 Å². The summed E-state index contributed by atoms with van der Waals surface area (Å²) in [5, 5.41) is 0. The highest BCUT2D eigenvalue weighted by atomic mass is 79.9. The fourth-order valence-corrected chi connectivity index (χ4v) is 5.48. The predicted octanol–water partition coefficient (Wildman–Crippen LogP) is 1.45. The molecule has 3 rings (SSSR count). The summed E-state index contributed by atoms with van der Waals surface area (Å²) >= 11 is 3.38. The van der Waals surface area contributed by atoms with Gasteiger partial charge in [0.25, 0.3) is 0 Å². The highest BCUT2D eigenvalue weighted by Gasteiger charge is 2.40. The fourth-order valence-electron chi connectivity index (χ4n) is 3.32. The molecule has 0 aromatic heterocycles. The molecule has 2 saturated heterocycles. The highest BCUT2D eigenvalue weighted by Crippen LogP contribution is 2.29. The number of anilines is 1. The van der Waals surface area contributed by atoms with Crippen molar-refractivity contribution in [2.45, 2.75) is 18.9 Å². The molecule has 2 aliphatic rings. The molecule has 2 fully saturated rings. The van der Waals surface area contributed by atoms with Crippen molar-refractivity contribution < 1.29 is 18.0 Å². The van der Waals surface area contributed by atoms with Crippen LogP contribution >= 0.6 is 15.9 Å². The van der Waals surface area contributed by atoms with Crippen LogP contribution in [0.2, 0.25) is 0 Å². The van der Waals surface area contributed by atoms with Gasteiger partial charge in [-0.2, -0.15) is 0 Å². The second-order valence-electron chi connectivity index (χ2n) is 6.39. The van der Waals surface area contributed by atoms with Crippen molar-refractivity contribution in [2.24, 2.45) is 5.92 Å². The summed E-state index contributed by atoms with van der Waals surface area (Å²) in [5.74, 6) is -0.513. The van der Waals surface area contributed by atoms with Gasteiger partial charge in [0.2, 0.25) is 11.8 Å². The molecule has 6 nitrogen and oxygen atoms in total. The molecule has 1 aromatic rings. The Kier molecular flexibility index (Phi) is 4.70.